The molecule has 1 atom stereocenters. The summed E-state index contributed by atoms with van der Waals surface area (Å²) in [4.78, 5) is 26.4. The maximum absolute atomic E-state index is 13.3. The second-order valence-corrected chi connectivity index (χ2v) is 11.8. The second-order valence-electron chi connectivity index (χ2n) is 9.56. The van der Waals surface area contributed by atoms with Gasteiger partial charge in [-0.1, -0.05) is 29.3 Å². The van der Waals surface area contributed by atoms with Crippen molar-refractivity contribution in [3.8, 4) is 0 Å². The van der Waals surface area contributed by atoms with E-state index in [0.29, 0.717) is 40.2 Å². The first kappa shape index (κ1) is 27.3. The molecular formula is C25H34Cl2N6O2S. The summed E-state index contributed by atoms with van der Waals surface area (Å²) >= 11 is 12.1. The zero-order valence-corrected chi connectivity index (χ0v) is 23.4. The molecule has 196 valence electrons. The first-order chi connectivity index (χ1) is 17.2. The minimum absolute atomic E-state index is 0.0447. The Bertz CT molecular complexity index is 1100. The summed E-state index contributed by atoms with van der Waals surface area (Å²) < 4.78 is 13.8. The summed E-state index contributed by atoms with van der Waals surface area (Å²) in [5.41, 5.74) is 2.15. The Morgan fingerprint density at radius 3 is 2.44 bits per heavy atom. The van der Waals surface area contributed by atoms with Crippen LogP contribution in [0.4, 0.5) is 5.82 Å². The van der Waals surface area contributed by atoms with Crippen LogP contribution in [0.15, 0.2) is 24.5 Å². The van der Waals surface area contributed by atoms with Crippen molar-refractivity contribution in [1.82, 2.24) is 24.1 Å². The summed E-state index contributed by atoms with van der Waals surface area (Å²) in [5.74, 6) is 0.590. The van der Waals surface area contributed by atoms with Crippen LogP contribution in [0.25, 0.3) is 0 Å². The highest BCUT2D eigenvalue weighted by atomic mass is 35.5. The highest BCUT2D eigenvalue weighted by Crippen LogP contribution is 2.26. The van der Waals surface area contributed by atoms with Gasteiger partial charge in [0.15, 0.2) is 0 Å². The summed E-state index contributed by atoms with van der Waals surface area (Å²) in [6.07, 6.45) is 7.17. The van der Waals surface area contributed by atoms with E-state index in [0.717, 1.165) is 63.0 Å². The van der Waals surface area contributed by atoms with Crippen molar-refractivity contribution in [1.29, 1.82) is 0 Å². The normalized spacial score (nSPS) is 19.0. The number of likely N-dealkylation sites (tertiary alicyclic amines) is 2. The second kappa shape index (κ2) is 12.2. The van der Waals surface area contributed by atoms with Gasteiger partial charge >= 0.3 is 0 Å². The number of hydrogen-bond donors (Lipinski definition) is 1. The number of nitrogens with one attached hydrogen (secondary N) is 1. The van der Waals surface area contributed by atoms with Crippen LogP contribution in [0, 0.1) is 6.92 Å². The number of halogens is 2. The number of nitrogens with zero attached hydrogens (tertiary/aromatic N) is 5. The van der Waals surface area contributed by atoms with E-state index in [1.807, 2.05) is 35.3 Å². The molecule has 2 aromatic rings. The molecule has 0 radical (unpaired) electrons. The third-order valence-electron chi connectivity index (χ3n) is 7.42. The molecule has 4 rings (SSSR count). The van der Waals surface area contributed by atoms with Crippen LogP contribution in [0.2, 0.25) is 10.0 Å². The molecule has 0 spiro atoms. The lowest BCUT2D eigenvalue weighted by Gasteiger charge is -2.43. The quantitative estimate of drug-likeness (QED) is 0.559. The molecule has 1 amide bonds. The Balaban J connectivity index is 1.31. The van der Waals surface area contributed by atoms with Crippen LogP contribution in [0.5, 0.6) is 0 Å². The van der Waals surface area contributed by atoms with Crippen molar-refractivity contribution >= 4 is 45.9 Å². The van der Waals surface area contributed by atoms with E-state index in [1.165, 1.54) is 6.33 Å². The highest BCUT2D eigenvalue weighted by Gasteiger charge is 2.32. The zero-order chi connectivity index (χ0) is 25.8. The Morgan fingerprint density at radius 1 is 1.11 bits per heavy atom. The molecule has 1 aromatic heterocycles. The fourth-order valence-electron chi connectivity index (χ4n) is 5.09. The molecule has 1 N–H and O–H groups in total. The molecule has 0 saturated carbocycles. The monoisotopic (exact) mass is 552 g/mol. The Hall–Kier alpha value is -1.78. The molecule has 8 nitrogen and oxygen atoms in total. The van der Waals surface area contributed by atoms with Gasteiger partial charge in [-0.05, 0) is 63.4 Å². The van der Waals surface area contributed by atoms with Gasteiger partial charge in [-0.25, -0.2) is 18.5 Å². The van der Waals surface area contributed by atoms with Crippen molar-refractivity contribution < 1.29 is 9.00 Å². The number of amides is 1. The van der Waals surface area contributed by atoms with Crippen molar-refractivity contribution in [2.45, 2.75) is 51.2 Å². The Labute approximate surface area is 225 Å². The van der Waals surface area contributed by atoms with Gasteiger partial charge in [-0.3, -0.25) is 4.79 Å². The summed E-state index contributed by atoms with van der Waals surface area (Å²) in [7, 11) is 1.02. The van der Waals surface area contributed by atoms with Crippen LogP contribution >= 0.6 is 23.2 Å². The number of rotatable bonds is 7. The number of piperidine rings is 2. The Kier molecular flexibility index (Phi) is 9.22. The van der Waals surface area contributed by atoms with E-state index in [1.54, 1.807) is 12.3 Å². The van der Waals surface area contributed by atoms with Crippen LogP contribution in [0.3, 0.4) is 0 Å². The smallest absolute Gasteiger partial charge is 0.272 e. The first-order valence-electron chi connectivity index (χ1n) is 12.3. The molecular weight excluding hydrogens is 519 g/mol. The summed E-state index contributed by atoms with van der Waals surface area (Å²) in [6.45, 7) is 5.86. The lowest BCUT2D eigenvalue weighted by atomic mass is 9.97. The number of carbonyl (C=O) groups is 1. The zero-order valence-electron chi connectivity index (χ0n) is 21.0. The SMILES string of the molecule is Cc1c(NCc2ccc(Cl)c(Cl)c2)ncnc1C(=O)N1CCC(N2CCC(N(C)S(C)=O)CC2)CC1. The highest BCUT2D eigenvalue weighted by molar-refractivity contribution is 7.81. The number of anilines is 1. The third kappa shape index (κ3) is 6.37. The molecule has 3 heterocycles. The van der Waals surface area contributed by atoms with Crippen LogP contribution < -0.4 is 5.32 Å². The van der Waals surface area contributed by atoms with E-state index >= 15 is 0 Å². The number of hydrogen-bond acceptors (Lipinski definition) is 6. The van der Waals surface area contributed by atoms with E-state index in [-0.39, 0.29) is 5.91 Å². The van der Waals surface area contributed by atoms with E-state index in [4.69, 9.17) is 23.2 Å². The minimum atomic E-state index is -0.924. The molecule has 1 aromatic carbocycles. The van der Waals surface area contributed by atoms with Crippen molar-refractivity contribution in [2.24, 2.45) is 0 Å². The predicted octanol–water partition coefficient (Wildman–Crippen LogP) is 4.00. The van der Waals surface area contributed by atoms with Gasteiger partial charge in [0.05, 0.1) is 21.0 Å². The average Bonchev–Trinajstić information content (AvgIpc) is 2.89. The van der Waals surface area contributed by atoms with Crippen molar-refractivity contribution in [3.05, 3.63) is 51.4 Å². The van der Waals surface area contributed by atoms with Crippen LogP contribution in [-0.2, 0) is 17.5 Å². The third-order valence-corrected chi connectivity index (χ3v) is 9.27. The van der Waals surface area contributed by atoms with Gasteiger partial charge in [0.1, 0.15) is 17.8 Å². The van der Waals surface area contributed by atoms with Gasteiger partial charge in [0, 0.05) is 50.6 Å². The van der Waals surface area contributed by atoms with E-state index < -0.39 is 11.0 Å². The molecule has 2 saturated heterocycles. The van der Waals surface area contributed by atoms with Gasteiger partial charge < -0.3 is 15.1 Å². The molecule has 0 bridgehead atoms. The predicted molar refractivity (Wildman–Crippen MR) is 146 cm³/mol. The van der Waals surface area contributed by atoms with Crippen molar-refractivity contribution in [2.75, 3.05) is 44.8 Å². The lowest BCUT2D eigenvalue weighted by molar-refractivity contribution is 0.0544. The van der Waals surface area contributed by atoms with Gasteiger partial charge in [-0.15, -0.1) is 0 Å². The summed E-state index contributed by atoms with van der Waals surface area (Å²) in [6, 6.07) is 6.35. The van der Waals surface area contributed by atoms with E-state index in [2.05, 4.69) is 20.2 Å². The van der Waals surface area contributed by atoms with E-state index in [9.17, 15) is 9.00 Å². The fraction of sp³-hybridized carbons (Fsp3) is 0.560. The minimum Gasteiger partial charge on any atom is -0.366 e. The first-order valence-corrected chi connectivity index (χ1v) is 14.6. The van der Waals surface area contributed by atoms with Crippen LogP contribution in [-0.4, -0.2) is 85.8 Å². The Morgan fingerprint density at radius 2 is 1.81 bits per heavy atom. The topological polar surface area (TPSA) is 81.7 Å². The number of aromatic nitrogens is 2. The number of benzene rings is 1. The average molecular weight is 554 g/mol. The molecule has 2 aliphatic rings. The molecule has 0 aliphatic carbocycles. The molecule has 1 unspecified atom stereocenters. The van der Waals surface area contributed by atoms with Gasteiger partial charge in [-0.2, -0.15) is 0 Å². The van der Waals surface area contributed by atoms with Gasteiger partial charge in [0.25, 0.3) is 5.91 Å². The standard InChI is InChI=1S/C25H34Cl2N6O2S/c1-17-23(29-16-30-24(17)28-15-18-4-5-21(26)22(27)14-18)25(34)33-12-8-20(9-13-33)32-10-6-19(7-11-32)31(2)36(3)35/h4-5,14,16,19-20H,6-13,15H2,1-3H3,(H,28,29,30). The molecule has 2 aliphatic heterocycles. The molecule has 36 heavy (non-hydrogen) atoms. The number of carbonyl (C=O) groups excluding carboxylic acids is 1. The maximum atomic E-state index is 13.3. The largest absolute Gasteiger partial charge is 0.366 e. The molecule has 2 fully saturated rings. The lowest BCUT2D eigenvalue weighted by Crippen LogP contribution is -2.51. The molecule has 11 heteroatoms. The fourth-order valence-corrected chi connectivity index (χ4v) is 6.04. The summed E-state index contributed by atoms with van der Waals surface area (Å²) in [5, 5.41) is 4.31. The maximum Gasteiger partial charge on any atom is 0.272 e. The van der Waals surface area contributed by atoms with Crippen molar-refractivity contribution in [3.63, 3.8) is 0 Å². The van der Waals surface area contributed by atoms with Gasteiger partial charge in [0.2, 0.25) is 0 Å². The van der Waals surface area contributed by atoms with Crippen LogP contribution in [0.1, 0.15) is 47.3 Å².